The molecule has 1 aromatic heterocycles. The van der Waals surface area contributed by atoms with Crippen molar-refractivity contribution in [2.75, 3.05) is 10.9 Å². The van der Waals surface area contributed by atoms with E-state index in [1.165, 1.54) is 10.4 Å². The molecule has 4 rings (SSSR count). The van der Waals surface area contributed by atoms with Gasteiger partial charge in [-0.15, -0.1) is 0 Å². The Bertz CT molecular complexity index is 1180. The highest BCUT2D eigenvalue weighted by Gasteiger charge is 2.32. The third kappa shape index (κ3) is 4.95. The summed E-state index contributed by atoms with van der Waals surface area (Å²) in [5.41, 5.74) is 3.79. The van der Waals surface area contributed by atoms with Crippen LogP contribution in [0.1, 0.15) is 37.1 Å². The van der Waals surface area contributed by atoms with Gasteiger partial charge >= 0.3 is 5.97 Å². The number of aromatic nitrogens is 2. The number of hydrogen-bond donors (Lipinski definition) is 1. The Morgan fingerprint density at radius 2 is 2.03 bits per heavy atom. The number of carbonyl (C=O) groups excluding carboxylic acids is 1. The zero-order valence-corrected chi connectivity index (χ0v) is 19.5. The maximum absolute atomic E-state index is 13.5. The monoisotopic (exact) mass is 491 g/mol. The summed E-state index contributed by atoms with van der Waals surface area (Å²) in [5.74, 6) is -0.861. The molecule has 33 heavy (non-hydrogen) atoms. The summed E-state index contributed by atoms with van der Waals surface area (Å²) in [5, 5.41) is 4.37. The zero-order chi connectivity index (χ0) is 23.5. The number of anilines is 1. The Labute approximate surface area is 198 Å². The van der Waals surface area contributed by atoms with Gasteiger partial charge in [-0.3, -0.25) is 18.3 Å². The van der Waals surface area contributed by atoms with E-state index in [4.69, 9.17) is 16.3 Å². The van der Waals surface area contributed by atoms with Gasteiger partial charge in [-0.1, -0.05) is 29.8 Å². The number of esters is 1. The van der Waals surface area contributed by atoms with Crippen LogP contribution in [-0.2, 0) is 33.8 Å². The molecule has 2 unspecified atom stereocenters. The van der Waals surface area contributed by atoms with Gasteiger partial charge in [0.25, 0.3) is 11.3 Å². The van der Waals surface area contributed by atoms with Crippen molar-refractivity contribution in [2.45, 2.75) is 38.8 Å². The van der Waals surface area contributed by atoms with E-state index < -0.39 is 17.1 Å². The third-order valence-corrected chi connectivity index (χ3v) is 6.73. The van der Waals surface area contributed by atoms with E-state index in [0.29, 0.717) is 18.7 Å². The van der Waals surface area contributed by atoms with E-state index in [1.807, 2.05) is 0 Å². The molecular formula is C23H23ClFN3O4S. The summed E-state index contributed by atoms with van der Waals surface area (Å²) >= 11 is 3.61. The van der Waals surface area contributed by atoms with Crippen LogP contribution in [-0.4, -0.2) is 31.1 Å². The maximum Gasteiger partial charge on any atom is 0.327 e. The van der Waals surface area contributed by atoms with Gasteiger partial charge in [-0.25, -0.2) is 8.60 Å². The molecule has 174 valence electrons. The molecule has 2 aromatic carbocycles. The highest BCUT2D eigenvalue weighted by molar-refractivity contribution is 7.80. The number of rotatable bonds is 7. The zero-order valence-electron chi connectivity index (χ0n) is 17.9. The van der Waals surface area contributed by atoms with Crippen LogP contribution in [0.15, 0.2) is 48.7 Å². The van der Waals surface area contributed by atoms with Crippen LogP contribution in [0.25, 0.3) is 11.1 Å². The van der Waals surface area contributed by atoms with Crippen molar-refractivity contribution >= 4 is 34.5 Å². The Kier molecular flexibility index (Phi) is 7.11. The fourth-order valence-corrected chi connectivity index (χ4v) is 5.08. The number of ether oxygens (including phenoxy) is 1. The van der Waals surface area contributed by atoms with Crippen LogP contribution in [0.4, 0.5) is 10.1 Å². The van der Waals surface area contributed by atoms with Crippen molar-refractivity contribution in [1.29, 1.82) is 0 Å². The van der Waals surface area contributed by atoms with E-state index in [0.717, 1.165) is 35.2 Å². The average Bonchev–Trinajstić information content (AvgIpc) is 3.20. The largest absolute Gasteiger partial charge is 0.465 e. The summed E-state index contributed by atoms with van der Waals surface area (Å²) in [7, 11) is 0. The first-order valence-electron chi connectivity index (χ1n) is 10.5. The highest BCUT2D eigenvalue weighted by Crippen LogP contribution is 2.38. The SMILES string of the molecule is CCOC(=O)Cn1ncc2c1CCCC2N(c1ccc(-c2ccc(F)c(Cl)c2)cc1)S(=O)O. The predicted octanol–water partition coefficient (Wildman–Crippen LogP) is 4.93. The molecule has 0 aliphatic heterocycles. The van der Waals surface area contributed by atoms with Crippen LogP contribution >= 0.6 is 11.6 Å². The summed E-state index contributed by atoms with van der Waals surface area (Å²) in [6, 6.07) is 11.2. The fraction of sp³-hybridized carbons (Fsp3) is 0.304. The molecule has 0 bridgehead atoms. The molecule has 7 nitrogen and oxygen atoms in total. The summed E-state index contributed by atoms with van der Waals surface area (Å²) in [6.45, 7) is 2.05. The molecule has 3 aromatic rings. The smallest absolute Gasteiger partial charge is 0.327 e. The van der Waals surface area contributed by atoms with E-state index >= 15 is 0 Å². The van der Waals surface area contributed by atoms with Gasteiger partial charge in [0.05, 0.1) is 29.6 Å². The number of fused-ring (bicyclic) bond motifs is 1. The molecule has 0 spiro atoms. The van der Waals surface area contributed by atoms with Gasteiger partial charge in [0.2, 0.25) is 0 Å². The van der Waals surface area contributed by atoms with E-state index in [9.17, 15) is 17.9 Å². The van der Waals surface area contributed by atoms with Crippen LogP contribution in [0.2, 0.25) is 5.02 Å². The Morgan fingerprint density at radius 3 is 2.70 bits per heavy atom. The molecule has 0 amide bonds. The molecule has 0 saturated carbocycles. The lowest BCUT2D eigenvalue weighted by Crippen LogP contribution is -2.33. The van der Waals surface area contributed by atoms with Gasteiger partial charge in [0.15, 0.2) is 0 Å². The van der Waals surface area contributed by atoms with Crippen molar-refractivity contribution in [3.8, 4) is 11.1 Å². The Balaban J connectivity index is 1.62. The average molecular weight is 492 g/mol. The molecule has 10 heteroatoms. The van der Waals surface area contributed by atoms with Crippen molar-refractivity contribution < 1.29 is 22.7 Å². The lowest BCUT2D eigenvalue weighted by atomic mass is 9.92. The van der Waals surface area contributed by atoms with Crippen molar-refractivity contribution in [3.05, 3.63) is 70.8 Å². The number of nitrogens with zero attached hydrogens (tertiary/aromatic N) is 3. The van der Waals surface area contributed by atoms with E-state index in [2.05, 4.69) is 5.10 Å². The normalized spacial score (nSPS) is 16.2. The quantitative estimate of drug-likeness (QED) is 0.374. The van der Waals surface area contributed by atoms with Crippen LogP contribution < -0.4 is 4.31 Å². The lowest BCUT2D eigenvalue weighted by Gasteiger charge is -2.33. The van der Waals surface area contributed by atoms with Crippen molar-refractivity contribution in [2.24, 2.45) is 0 Å². The minimum absolute atomic E-state index is 0.00698. The first-order chi connectivity index (χ1) is 15.9. The number of halogens is 2. The topological polar surface area (TPSA) is 84.7 Å². The minimum Gasteiger partial charge on any atom is -0.465 e. The van der Waals surface area contributed by atoms with Crippen LogP contribution in [0, 0.1) is 5.82 Å². The van der Waals surface area contributed by atoms with Gasteiger partial charge in [-0.05, 0) is 61.6 Å². The number of benzene rings is 2. The van der Waals surface area contributed by atoms with Gasteiger partial charge in [-0.2, -0.15) is 5.10 Å². The highest BCUT2D eigenvalue weighted by atomic mass is 35.5. The molecule has 1 aliphatic rings. The van der Waals surface area contributed by atoms with Crippen LogP contribution in [0.5, 0.6) is 0 Å². The summed E-state index contributed by atoms with van der Waals surface area (Å²) in [4.78, 5) is 11.9. The molecular weight excluding hydrogens is 469 g/mol. The van der Waals surface area contributed by atoms with E-state index in [-0.39, 0.29) is 23.6 Å². The summed E-state index contributed by atoms with van der Waals surface area (Å²) < 4.78 is 44.1. The third-order valence-electron chi connectivity index (χ3n) is 5.64. The second kappa shape index (κ2) is 10.0. The molecule has 1 N–H and O–H groups in total. The molecule has 1 aliphatic carbocycles. The first kappa shape index (κ1) is 23.4. The fourth-order valence-electron chi connectivity index (χ4n) is 4.16. The van der Waals surface area contributed by atoms with Crippen molar-refractivity contribution in [3.63, 3.8) is 0 Å². The number of carbonyl (C=O) groups is 1. The molecule has 0 fully saturated rings. The number of hydrogen-bond acceptors (Lipinski definition) is 4. The molecule has 0 radical (unpaired) electrons. The van der Waals surface area contributed by atoms with Gasteiger partial charge in [0, 0.05) is 11.3 Å². The second-order valence-electron chi connectivity index (χ2n) is 7.65. The molecule has 0 saturated heterocycles. The molecule has 2 atom stereocenters. The first-order valence-corrected chi connectivity index (χ1v) is 12.0. The minimum atomic E-state index is -2.29. The summed E-state index contributed by atoms with van der Waals surface area (Å²) in [6.07, 6.45) is 3.83. The van der Waals surface area contributed by atoms with E-state index in [1.54, 1.807) is 54.2 Å². The van der Waals surface area contributed by atoms with Crippen molar-refractivity contribution in [1.82, 2.24) is 9.78 Å². The Morgan fingerprint density at radius 1 is 1.30 bits per heavy atom. The standard InChI is InChI=1S/C23H23ClFN3O4S/c1-2-32-23(29)14-27-21-4-3-5-22(18(21)13-26-27)28(33(30)31)17-9-6-15(7-10-17)16-8-11-20(25)19(24)12-16/h6-13,22H,2-5,14H2,1H3,(H,30,31). The lowest BCUT2D eigenvalue weighted by molar-refractivity contribution is -0.144. The predicted molar refractivity (Wildman–Crippen MR) is 125 cm³/mol. The second-order valence-corrected chi connectivity index (χ2v) is 8.91. The molecule has 1 heterocycles. The van der Waals surface area contributed by atoms with Crippen LogP contribution in [0.3, 0.4) is 0 Å². The maximum atomic E-state index is 13.5. The Hall–Kier alpha value is -2.75. The van der Waals surface area contributed by atoms with Gasteiger partial charge < -0.3 is 4.74 Å². The van der Waals surface area contributed by atoms with Gasteiger partial charge in [0.1, 0.15) is 12.4 Å².